The number of nitrogens with zero attached hydrogens (tertiary/aromatic N) is 3. The molecule has 6 heteroatoms. The van der Waals surface area contributed by atoms with E-state index in [0.717, 1.165) is 33.9 Å². The van der Waals surface area contributed by atoms with Gasteiger partial charge in [0.1, 0.15) is 24.3 Å². The molecular weight excluding hydrogens is 450 g/mol. The molecule has 3 aromatic carbocycles. The van der Waals surface area contributed by atoms with Gasteiger partial charge in [-0.3, -0.25) is 4.79 Å². The van der Waals surface area contributed by atoms with Crippen LogP contribution in [0.3, 0.4) is 0 Å². The second-order valence-corrected chi connectivity index (χ2v) is 10.00. The molecule has 2 heterocycles. The highest BCUT2D eigenvalue weighted by atomic mass is 16.5. The number of amides is 1. The smallest absolute Gasteiger partial charge is 0.227 e. The zero-order valence-electron chi connectivity index (χ0n) is 21.1. The molecule has 1 fully saturated rings. The Morgan fingerprint density at radius 2 is 1.75 bits per heavy atom. The highest BCUT2D eigenvalue weighted by Gasteiger charge is 2.35. The predicted molar refractivity (Wildman–Crippen MR) is 143 cm³/mol. The minimum Gasteiger partial charge on any atom is -0.491 e. The number of carbonyl (C=O) groups is 1. The van der Waals surface area contributed by atoms with Crippen LogP contribution in [0, 0.1) is 6.92 Å². The Morgan fingerprint density at radius 3 is 2.47 bits per heavy atom. The molecule has 1 N–H and O–H groups in total. The van der Waals surface area contributed by atoms with E-state index in [1.165, 1.54) is 5.56 Å². The fourth-order valence-electron chi connectivity index (χ4n) is 4.86. The second kappa shape index (κ2) is 10.2. The van der Waals surface area contributed by atoms with Crippen LogP contribution in [-0.4, -0.2) is 39.8 Å². The Morgan fingerprint density at radius 1 is 1.03 bits per heavy atom. The normalized spacial score (nSPS) is 16.8. The molecule has 1 saturated heterocycles. The molecule has 36 heavy (non-hydrogen) atoms. The lowest BCUT2D eigenvalue weighted by Crippen LogP contribution is -2.26. The van der Waals surface area contributed by atoms with Gasteiger partial charge in [0, 0.05) is 24.6 Å². The second-order valence-electron chi connectivity index (χ2n) is 10.00. The van der Waals surface area contributed by atoms with E-state index in [1.807, 2.05) is 72.5 Å². The van der Waals surface area contributed by atoms with Crippen LogP contribution in [0.1, 0.15) is 49.1 Å². The van der Waals surface area contributed by atoms with Gasteiger partial charge < -0.3 is 19.3 Å². The third-order valence-corrected chi connectivity index (χ3v) is 6.90. The van der Waals surface area contributed by atoms with E-state index in [-0.39, 0.29) is 18.4 Å². The first-order valence-corrected chi connectivity index (χ1v) is 12.6. The Kier molecular flexibility index (Phi) is 6.79. The van der Waals surface area contributed by atoms with Gasteiger partial charge in [-0.05, 0) is 54.8 Å². The zero-order chi connectivity index (χ0) is 25.2. The van der Waals surface area contributed by atoms with Gasteiger partial charge in [-0.2, -0.15) is 0 Å². The number of anilines is 1. The zero-order valence-corrected chi connectivity index (χ0v) is 21.1. The van der Waals surface area contributed by atoms with E-state index < -0.39 is 6.10 Å². The summed E-state index contributed by atoms with van der Waals surface area (Å²) in [4.78, 5) is 19.7. The Labute approximate surface area is 212 Å². The van der Waals surface area contributed by atoms with Crippen molar-refractivity contribution in [3.05, 3.63) is 89.7 Å². The molecule has 6 nitrogen and oxygen atoms in total. The van der Waals surface area contributed by atoms with E-state index in [0.29, 0.717) is 25.4 Å². The molecule has 1 amide bonds. The molecule has 186 valence electrons. The number of aryl methyl sites for hydroxylation is 1. The lowest BCUT2D eigenvalue weighted by atomic mass is 10.0. The molecule has 0 radical (unpaired) electrons. The molecule has 0 bridgehead atoms. The summed E-state index contributed by atoms with van der Waals surface area (Å²) < 4.78 is 7.94. The van der Waals surface area contributed by atoms with Gasteiger partial charge in [-0.15, -0.1) is 0 Å². The summed E-state index contributed by atoms with van der Waals surface area (Å²) in [5.41, 5.74) is 5.15. The van der Waals surface area contributed by atoms with Crippen molar-refractivity contribution in [3.8, 4) is 5.75 Å². The Bertz CT molecular complexity index is 1340. The Hall–Kier alpha value is -3.64. The molecule has 0 aliphatic carbocycles. The maximum Gasteiger partial charge on any atom is 0.227 e. The summed E-state index contributed by atoms with van der Waals surface area (Å²) in [6.07, 6.45) is -0.331. The number of aliphatic hydroxyl groups is 1. The standard InChI is InChI=1S/C30H33N3O3/c1-20(2)22-10-14-26(15-11-22)36-19-25(34)18-33-28-7-5-4-6-27(28)31-30(33)23-16-29(35)32(17-23)24-12-8-21(3)9-13-24/h4-15,20,23,25,34H,16-19H2,1-3H3/t23-,25+/m0/s1. The Balaban J connectivity index is 1.34. The number of hydrogen-bond acceptors (Lipinski definition) is 4. The summed E-state index contributed by atoms with van der Waals surface area (Å²) in [7, 11) is 0. The van der Waals surface area contributed by atoms with Crippen LogP contribution in [0.4, 0.5) is 5.69 Å². The van der Waals surface area contributed by atoms with E-state index in [2.05, 4.69) is 30.5 Å². The number of aromatic nitrogens is 2. The van der Waals surface area contributed by atoms with Crippen LogP contribution in [0.2, 0.25) is 0 Å². The topological polar surface area (TPSA) is 67.6 Å². The van der Waals surface area contributed by atoms with Crippen LogP contribution < -0.4 is 9.64 Å². The third kappa shape index (κ3) is 5.00. The van der Waals surface area contributed by atoms with Crippen molar-refractivity contribution in [3.63, 3.8) is 0 Å². The summed E-state index contributed by atoms with van der Waals surface area (Å²) >= 11 is 0. The minimum atomic E-state index is -0.726. The van der Waals surface area contributed by atoms with Crippen molar-refractivity contribution in [2.75, 3.05) is 18.1 Å². The highest BCUT2D eigenvalue weighted by Crippen LogP contribution is 2.33. The van der Waals surface area contributed by atoms with Gasteiger partial charge >= 0.3 is 0 Å². The number of aliphatic hydroxyl groups excluding tert-OH is 1. The summed E-state index contributed by atoms with van der Waals surface area (Å²) in [6, 6.07) is 24.0. The average Bonchev–Trinajstić information content (AvgIpc) is 3.44. The fourth-order valence-corrected chi connectivity index (χ4v) is 4.86. The summed E-state index contributed by atoms with van der Waals surface area (Å²) in [5, 5.41) is 10.9. The molecule has 2 atom stereocenters. The number of hydrogen-bond donors (Lipinski definition) is 1. The quantitative estimate of drug-likeness (QED) is 0.363. The average molecular weight is 484 g/mol. The molecule has 1 aliphatic heterocycles. The van der Waals surface area contributed by atoms with Crippen molar-refractivity contribution >= 4 is 22.6 Å². The van der Waals surface area contributed by atoms with Crippen LogP contribution in [0.5, 0.6) is 5.75 Å². The molecule has 1 aromatic heterocycles. The maximum atomic E-state index is 12.9. The first-order valence-electron chi connectivity index (χ1n) is 12.6. The van der Waals surface area contributed by atoms with Gasteiger partial charge in [0.2, 0.25) is 5.91 Å². The van der Waals surface area contributed by atoms with Crippen molar-refractivity contribution in [1.29, 1.82) is 0 Å². The van der Waals surface area contributed by atoms with Crippen molar-refractivity contribution in [2.24, 2.45) is 0 Å². The van der Waals surface area contributed by atoms with Crippen LogP contribution in [-0.2, 0) is 11.3 Å². The van der Waals surface area contributed by atoms with Crippen molar-refractivity contribution < 1.29 is 14.6 Å². The van der Waals surface area contributed by atoms with Gasteiger partial charge in [-0.1, -0.05) is 55.8 Å². The maximum absolute atomic E-state index is 12.9. The number of benzene rings is 3. The van der Waals surface area contributed by atoms with E-state index in [1.54, 1.807) is 0 Å². The summed E-state index contributed by atoms with van der Waals surface area (Å²) in [6.45, 7) is 7.44. The number of imidazole rings is 1. The van der Waals surface area contributed by atoms with Crippen molar-refractivity contribution in [1.82, 2.24) is 9.55 Å². The third-order valence-electron chi connectivity index (χ3n) is 6.90. The predicted octanol–water partition coefficient (Wildman–Crippen LogP) is 5.43. The molecular formula is C30H33N3O3. The summed E-state index contributed by atoms with van der Waals surface area (Å²) in [5.74, 6) is 2.07. The SMILES string of the molecule is Cc1ccc(N2C[C@@H](c3nc4ccccc4n3C[C@@H](O)COc3ccc(C(C)C)cc3)CC2=O)cc1. The van der Waals surface area contributed by atoms with Gasteiger partial charge in [0.25, 0.3) is 0 Å². The number of fused-ring (bicyclic) bond motifs is 1. The lowest BCUT2D eigenvalue weighted by Gasteiger charge is -2.19. The number of rotatable bonds is 8. The van der Waals surface area contributed by atoms with Gasteiger partial charge in [0.15, 0.2) is 0 Å². The van der Waals surface area contributed by atoms with Crippen LogP contribution >= 0.6 is 0 Å². The van der Waals surface area contributed by atoms with E-state index in [9.17, 15) is 9.90 Å². The van der Waals surface area contributed by atoms with Gasteiger partial charge in [-0.25, -0.2) is 4.98 Å². The van der Waals surface area contributed by atoms with Crippen molar-refractivity contribution in [2.45, 2.75) is 51.7 Å². The molecule has 5 rings (SSSR count). The largest absolute Gasteiger partial charge is 0.491 e. The fraction of sp³-hybridized carbons (Fsp3) is 0.333. The number of ether oxygens (including phenoxy) is 1. The first kappa shape index (κ1) is 24.1. The van der Waals surface area contributed by atoms with Gasteiger partial charge in [0.05, 0.1) is 17.6 Å². The van der Waals surface area contributed by atoms with E-state index >= 15 is 0 Å². The number of carbonyl (C=O) groups excluding carboxylic acids is 1. The van der Waals surface area contributed by atoms with E-state index in [4.69, 9.17) is 9.72 Å². The molecule has 1 aliphatic rings. The molecule has 0 unspecified atom stereocenters. The molecule has 4 aromatic rings. The molecule has 0 spiro atoms. The number of para-hydroxylation sites is 2. The van der Waals surface area contributed by atoms with Crippen LogP contribution in [0.25, 0.3) is 11.0 Å². The lowest BCUT2D eigenvalue weighted by molar-refractivity contribution is -0.117. The molecule has 0 saturated carbocycles. The monoisotopic (exact) mass is 483 g/mol. The first-order chi connectivity index (χ1) is 17.4. The van der Waals surface area contributed by atoms with Crippen LogP contribution in [0.15, 0.2) is 72.8 Å². The minimum absolute atomic E-state index is 0.0529. The highest BCUT2D eigenvalue weighted by molar-refractivity contribution is 5.96.